The molecule has 2 heterocycles. The molecule has 0 atom stereocenters. The molecular weight excluding hydrogens is 168 g/mol. The van der Waals surface area contributed by atoms with E-state index in [1.165, 1.54) is 0 Å². The molecule has 0 aromatic carbocycles. The number of fused-ring (bicyclic) bond motifs is 1. The van der Waals surface area contributed by atoms with Crippen molar-refractivity contribution in [3.8, 4) is 0 Å². The van der Waals surface area contributed by atoms with E-state index in [1.54, 1.807) is 6.07 Å². The van der Waals surface area contributed by atoms with Crippen LogP contribution >= 0.6 is 0 Å². The molecule has 0 aliphatic carbocycles. The molecular formula is C9H12N2O2. The normalized spacial score (nSPS) is 11.3. The minimum Gasteiger partial charge on any atom is -0.406 e. The average Bonchev–Trinajstić information content (AvgIpc) is 2.42. The third-order valence-corrected chi connectivity index (χ3v) is 1.89. The number of hydrogen-bond donors (Lipinski definition) is 1. The van der Waals surface area contributed by atoms with E-state index >= 15 is 0 Å². The number of nitrogens with zero attached hydrogens (tertiary/aromatic N) is 1. The Morgan fingerprint density at radius 3 is 3.00 bits per heavy atom. The summed E-state index contributed by atoms with van der Waals surface area (Å²) in [6, 6.07) is 3.62. The molecule has 0 aliphatic rings. The Morgan fingerprint density at radius 1 is 1.54 bits per heavy atom. The molecule has 2 rings (SSSR count). The summed E-state index contributed by atoms with van der Waals surface area (Å²) in [5, 5.41) is 0. The second-order valence-corrected chi connectivity index (χ2v) is 3.25. The lowest BCUT2D eigenvalue weighted by Gasteiger charge is -2.01. The van der Waals surface area contributed by atoms with Crippen molar-refractivity contribution in [3.63, 3.8) is 0 Å². The summed E-state index contributed by atoms with van der Waals surface area (Å²) in [5.74, 6) is -0.105. The zero-order chi connectivity index (χ0) is 9.42. The Labute approximate surface area is 76.1 Å². The minimum atomic E-state index is -0.455. The highest BCUT2D eigenvalue weighted by atomic mass is 16.4. The summed E-state index contributed by atoms with van der Waals surface area (Å²) < 4.78 is 4.83. The number of aromatic nitrogens is 2. The highest BCUT2D eigenvalue weighted by Crippen LogP contribution is 2.14. The second-order valence-electron chi connectivity index (χ2n) is 3.25. The standard InChI is InChI=1S/C9H10N2O2.H2/c1-5(2)6-3-4-7-8(10-6)11-9(12)13-7;/h3-5H,1-2H3,(H,10,11,12);1H. The summed E-state index contributed by atoms with van der Waals surface area (Å²) in [4.78, 5) is 17.6. The van der Waals surface area contributed by atoms with Gasteiger partial charge in [-0.25, -0.2) is 9.78 Å². The zero-order valence-electron chi connectivity index (χ0n) is 7.50. The molecule has 4 heteroatoms. The molecule has 1 N–H and O–H groups in total. The Balaban J connectivity index is 0.000000980. The van der Waals surface area contributed by atoms with Crippen molar-refractivity contribution in [1.82, 2.24) is 9.97 Å². The molecule has 4 nitrogen and oxygen atoms in total. The molecule has 0 saturated carbocycles. The average molecular weight is 180 g/mol. The minimum absolute atomic E-state index is 0. The van der Waals surface area contributed by atoms with Crippen molar-refractivity contribution in [1.29, 1.82) is 0 Å². The lowest BCUT2D eigenvalue weighted by Crippen LogP contribution is -1.95. The Kier molecular flexibility index (Phi) is 1.69. The first-order valence-corrected chi connectivity index (χ1v) is 4.16. The molecule has 0 radical (unpaired) electrons. The number of H-pyrrole nitrogens is 1. The van der Waals surface area contributed by atoms with Crippen molar-refractivity contribution in [2.45, 2.75) is 19.8 Å². The van der Waals surface area contributed by atoms with Gasteiger partial charge in [0.1, 0.15) is 0 Å². The van der Waals surface area contributed by atoms with E-state index in [9.17, 15) is 4.79 Å². The van der Waals surface area contributed by atoms with Gasteiger partial charge in [0.05, 0.1) is 0 Å². The van der Waals surface area contributed by atoms with E-state index in [0.717, 1.165) is 5.69 Å². The Bertz CT molecular complexity index is 487. The monoisotopic (exact) mass is 180 g/mol. The van der Waals surface area contributed by atoms with Gasteiger partial charge < -0.3 is 4.42 Å². The van der Waals surface area contributed by atoms with Crippen LogP contribution in [0.1, 0.15) is 26.9 Å². The lowest BCUT2D eigenvalue weighted by atomic mass is 10.1. The van der Waals surface area contributed by atoms with Gasteiger partial charge in [-0.2, -0.15) is 0 Å². The summed E-state index contributed by atoms with van der Waals surface area (Å²) in [6.07, 6.45) is 0. The first kappa shape index (κ1) is 8.04. The van der Waals surface area contributed by atoms with Gasteiger partial charge in [0.25, 0.3) is 0 Å². The Morgan fingerprint density at radius 2 is 2.31 bits per heavy atom. The van der Waals surface area contributed by atoms with E-state index < -0.39 is 5.76 Å². The van der Waals surface area contributed by atoms with Crippen LogP contribution in [0, 0.1) is 0 Å². The fraction of sp³-hybridized carbons (Fsp3) is 0.333. The van der Waals surface area contributed by atoms with Crippen LogP contribution in [0.2, 0.25) is 0 Å². The van der Waals surface area contributed by atoms with E-state index in [2.05, 4.69) is 9.97 Å². The van der Waals surface area contributed by atoms with Crippen molar-refractivity contribution in [3.05, 3.63) is 28.4 Å². The highest BCUT2D eigenvalue weighted by Gasteiger charge is 2.05. The van der Waals surface area contributed by atoms with Gasteiger partial charge in [0.2, 0.25) is 0 Å². The fourth-order valence-electron chi connectivity index (χ4n) is 1.18. The molecule has 0 saturated heterocycles. The molecule has 2 aromatic heterocycles. The van der Waals surface area contributed by atoms with Crippen LogP contribution < -0.4 is 5.76 Å². The molecule has 0 unspecified atom stereocenters. The van der Waals surface area contributed by atoms with Crippen molar-refractivity contribution < 1.29 is 5.84 Å². The summed E-state index contributed by atoms with van der Waals surface area (Å²) >= 11 is 0. The quantitative estimate of drug-likeness (QED) is 0.728. The van der Waals surface area contributed by atoms with Crippen LogP contribution in [-0.4, -0.2) is 9.97 Å². The number of hydrogen-bond acceptors (Lipinski definition) is 3. The van der Waals surface area contributed by atoms with Crippen LogP contribution in [0.3, 0.4) is 0 Å². The van der Waals surface area contributed by atoms with Crippen LogP contribution in [0.4, 0.5) is 0 Å². The zero-order valence-corrected chi connectivity index (χ0v) is 7.50. The van der Waals surface area contributed by atoms with Gasteiger partial charge >= 0.3 is 5.76 Å². The summed E-state index contributed by atoms with van der Waals surface area (Å²) in [5.41, 5.74) is 1.98. The van der Waals surface area contributed by atoms with E-state index in [0.29, 0.717) is 17.1 Å². The van der Waals surface area contributed by atoms with Crippen molar-refractivity contribution in [2.75, 3.05) is 0 Å². The largest absolute Gasteiger partial charge is 0.418 e. The van der Waals surface area contributed by atoms with Crippen LogP contribution in [-0.2, 0) is 0 Å². The number of nitrogens with one attached hydrogen (secondary N) is 1. The lowest BCUT2D eigenvalue weighted by molar-refractivity contribution is 0.555. The van der Waals surface area contributed by atoms with Crippen LogP contribution in [0.5, 0.6) is 0 Å². The summed E-state index contributed by atoms with van der Waals surface area (Å²) in [6.45, 7) is 4.10. The molecule has 0 fully saturated rings. The molecule has 70 valence electrons. The number of aromatic amines is 1. The maximum Gasteiger partial charge on any atom is 0.418 e. The first-order valence-electron chi connectivity index (χ1n) is 4.16. The van der Waals surface area contributed by atoms with E-state index in [-0.39, 0.29) is 1.43 Å². The van der Waals surface area contributed by atoms with Gasteiger partial charge in [0, 0.05) is 7.12 Å². The predicted octanol–water partition coefficient (Wildman–Crippen LogP) is 1.89. The molecule has 0 amide bonds. The van der Waals surface area contributed by atoms with Gasteiger partial charge in [-0.05, 0) is 18.1 Å². The second kappa shape index (κ2) is 2.73. The van der Waals surface area contributed by atoms with Crippen molar-refractivity contribution >= 4 is 11.2 Å². The molecule has 2 aromatic rings. The third-order valence-electron chi connectivity index (χ3n) is 1.89. The molecule has 0 bridgehead atoms. The van der Waals surface area contributed by atoms with Crippen LogP contribution in [0.15, 0.2) is 21.3 Å². The molecule has 0 spiro atoms. The topological polar surface area (TPSA) is 58.9 Å². The number of rotatable bonds is 1. The number of pyridine rings is 1. The SMILES string of the molecule is CC(C)c1ccc2oc(=O)[nH]c2n1.[HH]. The smallest absolute Gasteiger partial charge is 0.406 e. The highest BCUT2D eigenvalue weighted by molar-refractivity contribution is 5.66. The number of oxazole rings is 1. The first-order chi connectivity index (χ1) is 6.16. The van der Waals surface area contributed by atoms with Gasteiger partial charge in [-0.15, -0.1) is 0 Å². The molecule has 0 aliphatic heterocycles. The van der Waals surface area contributed by atoms with Crippen LogP contribution in [0.25, 0.3) is 11.2 Å². The summed E-state index contributed by atoms with van der Waals surface area (Å²) in [7, 11) is 0. The maximum atomic E-state index is 10.8. The fourth-order valence-corrected chi connectivity index (χ4v) is 1.18. The van der Waals surface area contributed by atoms with Gasteiger partial charge in [-0.1, -0.05) is 13.8 Å². The van der Waals surface area contributed by atoms with Crippen molar-refractivity contribution in [2.24, 2.45) is 0 Å². The predicted molar refractivity (Wildman–Crippen MR) is 50.8 cm³/mol. The van der Waals surface area contributed by atoms with Gasteiger partial charge in [0.15, 0.2) is 11.2 Å². The third kappa shape index (κ3) is 1.35. The van der Waals surface area contributed by atoms with E-state index in [4.69, 9.17) is 4.42 Å². The van der Waals surface area contributed by atoms with E-state index in [1.807, 2.05) is 19.9 Å². The Hall–Kier alpha value is -1.58. The maximum absolute atomic E-state index is 10.8. The van der Waals surface area contributed by atoms with Gasteiger partial charge in [-0.3, -0.25) is 4.98 Å². The molecule has 13 heavy (non-hydrogen) atoms.